The molecule has 5 heteroatoms. The second-order valence-electron chi connectivity index (χ2n) is 7.88. The van der Waals surface area contributed by atoms with E-state index >= 15 is 0 Å². The fourth-order valence-electron chi connectivity index (χ4n) is 3.75. The van der Waals surface area contributed by atoms with Gasteiger partial charge in [0.2, 0.25) is 0 Å². The van der Waals surface area contributed by atoms with Gasteiger partial charge in [0.05, 0.1) is 6.04 Å². The molecular weight excluding hydrogens is 348 g/mol. The van der Waals surface area contributed by atoms with Gasteiger partial charge in [-0.1, -0.05) is 60.7 Å². The monoisotopic (exact) mass is 380 g/mol. The zero-order valence-electron chi connectivity index (χ0n) is 17.0. The van der Waals surface area contributed by atoms with Crippen molar-refractivity contribution in [3.8, 4) is 0 Å². The minimum Gasteiger partial charge on any atom is -0.335 e. The van der Waals surface area contributed by atoms with E-state index in [1.165, 1.54) is 5.56 Å². The maximum Gasteiger partial charge on any atom is 0.315 e. The molecule has 1 saturated heterocycles. The minimum absolute atomic E-state index is 0.0191. The van der Waals surface area contributed by atoms with E-state index in [0.717, 1.165) is 44.6 Å². The lowest BCUT2D eigenvalue weighted by Crippen LogP contribution is -2.49. The van der Waals surface area contributed by atoms with Crippen LogP contribution in [0.25, 0.3) is 0 Å². The van der Waals surface area contributed by atoms with Gasteiger partial charge >= 0.3 is 6.03 Å². The first-order chi connectivity index (χ1) is 13.6. The van der Waals surface area contributed by atoms with Crippen LogP contribution in [0.15, 0.2) is 60.7 Å². The number of piperidine rings is 1. The highest BCUT2D eigenvalue weighted by Gasteiger charge is 2.22. The predicted octanol–water partition coefficient (Wildman–Crippen LogP) is 3.25. The number of nitrogens with zero attached hydrogens (tertiary/aromatic N) is 2. The number of likely N-dealkylation sites (N-methyl/N-ethyl adjacent to an activating group) is 1. The van der Waals surface area contributed by atoms with Crippen LogP contribution < -0.4 is 10.6 Å². The number of likely N-dealkylation sites (tertiary alicyclic amines) is 1. The Hall–Kier alpha value is -2.37. The maximum atomic E-state index is 12.6. The Kier molecular flexibility index (Phi) is 7.46. The van der Waals surface area contributed by atoms with Gasteiger partial charge in [-0.2, -0.15) is 0 Å². The third-order valence-corrected chi connectivity index (χ3v) is 5.23. The topological polar surface area (TPSA) is 47.6 Å². The Balaban J connectivity index is 1.46. The summed E-state index contributed by atoms with van der Waals surface area (Å²) in [6.45, 7) is 3.78. The highest BCUT2D eigenvalue weighted by molar-refractivity contribution is 5.74. The fourth-order valence-corrected chi connectivity index (χ4v) is 3.75. The lowest BCUT2D eigenvalue weighted by Gasteiger charge is -2.33. The van der Waals surface area contributed by atoms with Crippen molar-refractivity contribution in [1.29, 1.82) is 0 Å². The first kappa shape index (κ1) is 20.4. The van der Waals surface area contributed by atoms with Crippen molar-refractivity contribution < 1.29 is 4.79 Å². The number of benzene rings is 2. The van der Waals surface area contributed by atoms with Crippen LogP contribution in [-0.4, -0.2) is 55.6 Å². The van der Waals surface area contributed by atoms with Gasteiger partial charge in [-0.25, -0.2) is 4.79 Å². The van der Waals surface area contributed by atoms with Crippen molar-refractivity contribution in [2.45, 2.75) is 31.5 Å². The Bertz CT molecular complexity index is 712. The third kappa shape index (κ3) is 6.36. The van der Waals surface area contributed by atoms with Crippen molar-refractivity contribution in [1.82, 2.24) is 20.4 Å². The van der Waals surface area contributed by atoms with E-state index in [-0.39, 0.29) is 18.1 Å². The van der Waals surface area contributed by atoms with Gasteiger partial charge in [-0.05, 0) is 38.1 Å². The molecule has 2 aromatic rings. The number of nitrogens with one attached hydrogen (secondary N) is 2. The third-order valence-electron chi connectivity index (χ3n) is 5.23. The molecule has 0 radical (unpaired) electrons. The molecule has 1 fully saturated rings. The zero-order chi connectivity index (χ0) is 19.8. The van der Waals surface area contributed by atoms with E-state index < -0.39 is 0 Å². The molecule has 0 aliphatic carbocycles. The minimum atomic E-state index is -0.0720. The lowest BCUT2D eigenvalue weighted by molar-refractivity contribution is 0.185. The van der Waals surface area contributed by atoms with Crippen molar-refractivity contribution in [2.24, 2.45) is 0 Å². The van der Waals surface area contributed by atoms with Crippen molar-refractivity contribution in [2.75, 3.05) is 33.7 Å². The van der Waals surface area contributed by atoms with Crippen molar-refractivity contribution in [3.05, 3.63) is 71.8 Å². The second-order valence-corrected chi connectivity index (χ2v) is 7.88. The lowest BCUT2D eigenvalue weighted by atomic mass is 10.0. The van der Waals surface area contributed by atoms with Gasteiger partial charge in [0.15, 0.2) is 0 Å². The summed E-state index contributed by atoms with van der Waals surface area (Å²) in [4.78, 5) is 17.2. The molecule has 1 heterocycles. The molecule has 1 aliphatic rings. The molecule has 5 nitrogen and oxygen atoms in total. The molecule has 3 rings (SSSR count). The standard InChI is InChI=1S/C23H32N4O/c1-26(2)18-22(20-11-7-4-8-12-20)25-23(28)24-21-13-15-27(16-14-21)17-19-9-5-3-6-10-19/h3-12,21-22H,13-18H2,1-2H3,(H2,24,25,28)/t22-/m1/s1. The molecule has 28 heavy (non-hydrogen) atoms. The van der Waals surface area contributed by atoms with E-state index in [2.05, 4.69) is 62.9 Å². The number of urea groups is 1. The maximum absolute atomic E-state index is 12.6. The van der Waals surface area contributed by atoms with Crippen LogP contribution >= 0.6 is 0 Å². The molecule has 150 valence electrons. The van der Waals surface area contributed by atoms with Crippen molar-refractivity contribution in [3.63, 3.8) is 0 Å². The van der Waals surface area contributed by atoms with Gasteiger partial charge in [0.1, 0.15) is 0 Å². The molecule has 0 bridgehead atoms. The van der Waals surface area contributed by atoms with Gasteiger partial charge in [0, 0.05) is 32.2 Å². The first-order valence-corrected chi connectivity index (χ1v) is 10.1. The zero-order valence-corrected chi connectivity index (χ0v) is 17.0. The SMILES string of the molecule is CN(C)C[C@@H](NC(=O)NC1CCN(Cc2ccccc2)CC1)c1ccccc1. The van der Waals surface area contributed by atoms with Crippen LogP contribution in [0.2, 0.25) is 0 Å². The van der Waals surface area contributed by atoms with E-state index in [0.29, 0.717) is 0 Å². The Morgan fingerprint density at radius 3 is 2.25 bits per heavy atom. The van der Waals surface area contributed by atoms with Crippen LogP contribution in [0.1, 0.15) is 30.0 Å². The number of rotatable bonds is 7. The van der Waals surface area contributed by atoms with E-state index in [1.54, 1.807) is 0 Å². The van der Waals surface area contributed by atoms with Gasteiger partial charge in [-0.15, -0.1) is 0 Å². The highest BCUT2D eigenvalue weighted by Crippen LogP contribution is 2.15. The molecular formula is C23H32N4O. The Labute approximate surface area is 168 Å². The van der Waals surface area contributed by atoms with E-state index in [4.69, 9.17) is 0 Å². The number of amides is 2. The number of hydrogen-bond acceptors (Lipinski definition) is 3. The second kappa shape index (κ2) is 10.2. The summed E-state index contributed by atoms with van der Waals surface area (Å²) in [6.07, 6.45) is 1.98. The molecule has 2 amide bonds. The summed E-state index contributed by atoms with van der Waals surface area (Å²) in [7, 11) is 4.05. The summed E-state index contributed by atoms with van der Waals surface area (Å²) in [5.74, 6) is 0. The molecule has 2 aromatic carbocycles. The van der Waals surface area contributed by atoms with Crippen LogP contribution in [-0.2, 0) is 6.54 Å². The molecule has 0 aromatic heterocycles. The average Bonchev–Trinajstić information content (AvgIpc) is 2.70. The molecule has 1 aliphatic heterocycles. The predicted molar refractivity (Wildman–Crippen MR) is 114 cm³/mol. The Morgan fingerprint density at radius 2 is 1.64 bits per heavy atom. The molecule has 1 atom stereocenters. The Morgan fingerprint density at radius 1 is 1.04 bits per heavy atom. The largest absolute Gasteiger partial charge is 0.335 e. The van der Waals surface area contributed by atoms with Crippen LogP contribution in [0.4, 0.5) is 4.79 Å². The quantitative estimate of drug-likeness (QED) is 0.775. The summed E-state index contributed by atoms with van der Waals surface area (Å²) in [5, 5.41) is 6.34. The van der Waals surface area contributed by atoms with Crippen LogP contribution in [0, 0.1) is 0 Å². The normalized spacial score (nSPS) is 16.7. The smallest absolute Gasteiger partial charge is 0.315 e. The summed E-state index contributed by atoms with van der Waals surface area (Å²) >= 11 is 0. The van der Waals surface area contributed by atoms with E-state index in [9.17, 15) is 4.79 Å². The number of hydrogen-bond donors (Lipinski definition) is 2. The van der Waals surface area contributed by atoms with E-state index in [1.807, 2.05) is 32.3 Å². The molecule has 2 N–H and O–H groups in total. The highest BCUT2D eigenvalue weighted by atomic mass is 16.2. The summed E-state index contributed by atoms with van der Waals surface area (Å²) < 4.78 is 0. The van der Waals surface area contributed by atoms with Crippen LogP contribution in [0.3, 0.4) is 0 Å². The summed E-state index contributed by atoms with van der Waals surface area (Å²) in [5.41, 5.74) is 2.48. The molecule has 0 unspecified atom stereocenters. The van der Waals surface area contributed by atoms with Gasteiger partial charge < -0.3 is 15.5 Å². The van der Waals surface area contributed by atoms with Gasteiger partial charge in [0.25, 0.3) is 0 Å². The first-order valence-electron chi connectivity index (χ1n) is 10.1. The van der Waals surface area contributed by atoms with Crippen LogP contribution in [0.5, 0.6) is 0 Å². The number of carbonyl (C=O) groups excluding carboxylic acids is 1. The average molecular weight is 381 g/mol. The van der Waals surface area contributed by atoms with Crippen molar-refractivity contribution >= 4 is 6.03 Å². The molecule has 0 saturated carbocycles. The summed E-state index contributed by atoms with van der Waals surface area (Å²) in [6, 6.07) is 20.9. The van der Waals surface area contributed by atoms with Gasteiger partial charge in [-0.3, -0.25) is 4.90 Å². The fraction of sp³-hybridized carbons (Fsp3) is 0.435. The number of carbonyl (C=O) groups is 1. The molecule has 0 spiro atoms.